The van der Waals surface area contributed by atoms with Crippen molar-refractivity contribution in [2.24, 2.45) is 0 Å². The fourth-order valence-corrected chi connectivity index (χ4v) is 2.05. The van der Waals surface area contributed by atoms with E-state index in [4.69, 9.17) is 0 Å². The number of nitrogens with zero attached hydrogens (tertiary/aromatic N) is 3. The normalized spacial score (nSPS) is 16.4. The summed E-state index contributed by atoms with van der Waals surface area (Å²) in [5.41, 5.74) is 0. The molecule has 0 N–H and O–H groups in total. The zero-order valence-electron chi connectivity index (χ0n) is 9.62. The lowest BCUT2D eigenvalue weighted by Crippen LogP contribution is -2.43. The summed E-state index contributed by atoms with van der Waals surface area (Å²) in [4.78, 5) is 9.84. The first-order valence-electron chi connectivity index (χ1n) is 5.76. The molecule has 18 heavy (non-hydrogen) atoms. The molecular formula is C11H13BrF3N3. The Morgan fingerprint density at radius 3 is 2.33 bits per heavy atom. The van der Waals surface area contributed by atoms with Crippen molar-refractivity contribution < 1.29 is 13.2 Å². The van der Waals surface area contributed by atoms with Crippen LogP contribution in [0.3, 0.4) is 0 Å². The summed E-state index contributed by atoms with van der Waals surface area (Å²) in [6.07, 6.45) is 1.03. The Kier molecular flexibility index (Phi) is 4.09. The molecule has 100 valence electrons. The van der Waals surface area contributed by atoms with Crippen LogP contribution in [0.1, 0.15) is 25.7 Å². The van der Waals surface area contributed by atoms with Gasteiger partial charge in [-0.1, -0.05) is 0 Å². The van der Waals surface area contributed by atoms with Crippen LogP contribution in [0.5, 0.6) is 0 Å². The number of rotatable bonds is 4. The lowest BCUT2D eigenvalue weighted by molar-refractivity contribution is -0.132. The van der Waals surface area contributed by atoms with Crippen molar-refractivity contribution in [2.75, 3.05) is 11.4 Å². The zero-order valence-corrected chi connectivity index (χ0v) is 11.2. The summed E-state index contributed by atoms with van der Waals surface area (Å²) in [5.74, 6) is 0.382. The first-order chi connectivity index (χ1) is 8.46. The number of hydrogen-bond acceptors (Lipinski definition) is 3. The van der Waals surface area contributed by atoms with E-state index >= 15 is 0 Å². The predicted octanol–water partition coefficient (Wildman–Crippen LogP) is 3.55. The van der Waals surface area contributed by atoms with Crippen LogP contribution in [0.15, 0.2) is 16.9 Å². The lowest BCUT2D eigenvalue weighted by Gasteiger charge is -2.37. The molecule has 1 aromatic heterocycles. The molecule has 0 radical (unpaired) electrons. The molecular weight excluding hydrogens is 311 g/mol. The molecule has 3 nitrogen and oxygen atoms in total. The van der Waals surface area contributed by atoms with Crippen LogP contribution in [0.4, 0.5) is 19.1 Å². The number of aromatic nitrogens is 2. The second kappa shape index (κ2) is 5.42. The van der Waals surface area contributed by atoms with E-state index in [9.17, 15) is 13.2 Å². The molecule has 0 bridgehead atoms. The third kappa shape index (κ3) is 3.57. The third-order valence-electron chi connectivity index (χ3n) is 3.02. The summed E-state index contributed by atoms with van der Waals surface area (Å²) in [5, 5.41) is 0. The van der Waals surface area contributed by atoms with E-state index in [1.165, 1.54) is 0 Å². The van der Waals surface area contributed by atoms with E-state index in [1.54, 1.807) is 17.3 Å². The maximum absolute atomic E-state index is 12.3. The van der Waals surface area contributed by atoms with Gasteiger partial charge in [0.2, 0.25) is 5.95 Å². The number of halogens is 4. The standard InChI is InChI=1S/C11H13BrF3N3/c12-8-6-16-10(17-7-8)18(9-2-1-3-9)5-4-11(13,14)15/h6-7,9H,1-5H2. The molecule has 0 saturated heterocycles. The second-order valence-corrected chi connectivity index (χ2v) is 5.26. The van der Waals surface area contributed by atoms with Crippen molar-refractivity contribution in [1.82, 2.24) is 9.97 Å². The molecule has 0 aromatic carbocycles. The highest BCUT2D eigenvalue weighted by molar-refractivity contribution is 9.10. The van der Waals surface area contributed by atoms with Crippen LogP contribution in [-0.2, 0) is 0 Å². The minimum Gasteiger partial charge on any atom is -0.338 e. The highest BCUT2D eigenvalue weighted by Crippen LogP contribution is 2.30. The van der Waals surface area contributed by atoms with Crippen molar-refractivity contribution in [3.8, 4) is 0 Å². The monoisotopic (exact) mass is 323 g/mol. The van der Waals surface area contributed by atoms with Crippen molar-refractivity contribution >= 4 is 21.9 Å². The van der Waals surface area contributed by atoms with Crippen LogP contribution in [0.2, 0.25) is 0 Å². The lowest BCUT2D eigenvalue weighted by atomic mass is 9.91. The topological polar surface area (TPSA) is 29.0 Å². The number of hydrogen-bond donors (Lipinski definition) is 0. The van der Waals surface area contributed by atoms with Crippen LogP contribution < -0.4 is 4.90 Å². The van der Waals surface area contributed by atoms with E-state index in [0.717, 1.165) is 23.7 Å². The maximum atomic E-state index is 12.3. The zero-order chi connectivity index (χ0) is 13.2. The Morgan fingerprint density at radius 2 is 1.89 bits per heavy atom. The Balaban J connectivity index is 2.07. The van der Waals surface area contributed by atoms with Crippen molar-refractivity contribution in [3.63, 3.8) is 0 Å². The Bertz CT molecular complexity index is 390. The quantitative estimate of drug-likeness (QED) is 0.848. The fraction of sp³-hybridized carbons (Fsp3) is 0.636. The number of anilines is 1. The molecule has 0 spiro atoms. The SMILES string of the molecule is FC(F)(F)CCN(c1ncc(Br)cn1)C1CCC1. The highest BCUT2D eigenvalue weighted by Gasteiger charge is 2.32. The molecule has 1 aromatic rings. The highest BCUT2D eigenvalue weighted by atomic mass is 79.9. The van der Waals surface area contributed by atoms with Gasteiger partial charge in [0, 0.05) is 25.0 Å². The molecule has 0 unspecified atom stereocenters. The summed E-state index contributed by atoms with van der Waals surface area (Å²) >= 11 is 3.21. The van der Waals surface area contributed by atoms with E-state index in [0.29, 0.717) is 5.95 Å². The first kappa shape index (κ1) is 13.6. The van der Waals surface area contributed by atoms with E-state index in [-0.39, 0.29) is 12.6 Å². The number of alkyl halides is 3. The van der Waals surface area contributed by atoms with Gasteiger partial charge in [-0.2, -0.15) is 13.2 Å². The van der Waals surface area contributed by atoms with Gasteiger partial charge in [0.25, 0.3) is 0 Å². The molecule has 1 saturated carbocycles. The average molecular weight is 324 g/mol. The molecule has 0 atom stereocenters. The predicted molar refractivity (Wildman–Crippen MR) is 65.4 cm³/mol. The minimum atomic E-state index is -4.14. The van der Waals surface area contributed by atoms with Crippen LogP contribution in [0.25, 0.3) is 0 Å². The summed E-state index contributed by atoms with van der Waals surface area (Å²) < 4.78 is 37.6. The smallest absolute Gasteiger partial charge is 0.338 e. The molecule has 1 fully saturated rings. The summed E-state index contributed by atoms with van der Waals surface area (Å²) in [6, 6.07) is 0.147. The summed E-state index contributed by atoms with van der Waals surface area (Å²) in [7, 11) is 0. The Labute approximate surface area is 112 Å². The molecule has 7 heteroatoms. The summed E-state index contributed by atoms with van der Waals surface area (Å²) in [6.45, 7) is -0.0736. The Hall–Kier alpha value is -0.850. The third-order valence-corrected chi connectivity index (χ3v) is 3.42. The van der Waals surface area contributed by atoms with Gasteiger partial charge in [0.15, 0.2) is 0 Å². The van der Waals surface area contributed by atoms with E-state index in [2.05, 4.69) is 25.9 Å². The minimum absolute atomic E-state index is 0.0736. The van der Waals surface area contributed by atoms with Crippen molar-refractivity contribution in [2.45, 2.75) is 37.9 Å². The van der Waals surface area contributed by atoms with Crippen LogP contribution in [-0.4, -0.2) is 28.7 Å². The first-order valence-corrected chi connectivity index (χ1v) is 6.56. The van der Waals surface area contributed by atoms with Gasteiger partial charge in [-0.05, 0) is 35.2 Å². The maximum Gasteiger partial charge on any atom is 0.390 e. The van der Waals surface area contributed by atoms with Crippen LogP contribution in [0, 0.1) is 0 Å². The largest absolute Gasteiger partial charge is 0.390 e. The van der Waals surface area contributed by atoms with Gasteiger partial charge in [-0.25, -0.2) is 9.97 Å². The molecule has 1 aliphatic rings. The fourth-order valence-electron chi connectivity index (χ4n) is 1.85. The van der Waals surface area contributed by atoms with E-state index < -0.39 is 12.6 Å². The van der Waals surface area contributed by atoms with Gasteiger partial charge in [-0.15, -0.1) is 0 Å². The van der Waals surface area contributed by atoms with E-state index in [1.807, 2.05) is 0 Å². The van der Waals surface area contributed by atoms with Gasteiger partial charge in [-0.3, -0.25) is 0 Å². The molecule has 2 rings (SSSR count). The van der Waals surface area contributed by atoms with Crippen LogP contribution >= 0.6 is 15.9 Å². The van der Waals surface area contributed by atoms with Gasteiger partial charge >= 0.3 is 6.18 Å². The molecule has 0 aliphatic heterocycles. The van der Waals surface area contributed by atoms with Crippen molar-refractivity contribution in [1.29, 1.82) is 0 Å². The molecule has 1 heterocycles. The molecule has 1 aliphatic carbocycles. The van der Waals surface area contributed by atoms with Gasteiger partial charge < -0.3 is 4.90 Å². The Morgan fingerprint density at radius 1 is 1.28 bits per heavy atom. The van der Waals surface area contributed by atoms with Crippen molar-refractivity contribution in [3.05, 3.63) is 16.9 Å². The second-order valence-electron chi connectivity index (χ2n) is 4.34. The van der Waals surface area contributed by atoms with Gasteiger partial charge in [0.05, 0.1) is 10.9 Å². The average Bonchev–Trinajstić information content (AvgIpc) is 2.21. The van der Waals surface area contributed by atoms with Gasteiger partial charge in [0.1, 0.15) is 0 Å². The molecule has 0 amide bonds.